The highest BCUT2D eigenvalue weighted by Gasteiger charge is 2.16. The maximum atomic E-state index is 12.1. The van der Waals surface area contributed by atoms with E-state index in [1.165, 1.54) is 0 Å². The lowest BCUT2D eigenvalue weighted by Crippen LogP contribution is -2.28. The third-order valence-electron chi connectivity index (χ3n) is 3.26. The van der Waals surface area contributed by atoms with Crippen LogP contribution >= 0.6 is 23.2 Å². The number of amides is 1. The second-order valence-electron chi connectivity index (χ2n) is 4.90. The Balaban J connectivity index is 2.04. The van der Waals surface area contributed by atoms with Crippen LogP contribution in [0.2, 0.25) is 10.0 Å². The van der Waals surface area contributed by atoms with Gasteiger partial charge in [-0.05, 0) is 29.8 Å². The van der Waals surface area contributed by atoms with Gasteiger partial charge in [0.2, 0.25) is 0 Å². The minimum absolute atomic E-state index is 0.0231. The lowest BCUT2D eigenvalue weighted by atomic mass is 10.1. The van der Waals surface area contributed by atoms with Gasteiger partial charge in [0.1, 0.15) is 0 Å². The summed E-state index contributed by atoms with van der Waals surface area (Å²) in [5.74, 6) is -0.341. The van der Waals surface area contributed by atoms with E-state index in [0.29, 0.717) is 21.2 Å². The van der Waals surface area contributed by atoms with Crippen LogP contribution in [0.15, 0.2) is 42.5 Å². The second kappa shape index (κ2) is 7.98. The monoisotopic (exact) mass is 348 g/mol. The van der Waals surface area contributed by atoms with Crippen molar-refractivity contribution in [1.82, 2.24) is 5.32 Å². The average molecular weight is 349 g/mol. The van der Waals surface area contributed by atoms with Crippen molar-refractivity contribution in [2.75, 3.05) is 6.54 Å². The Bertz CT molecular complexity index is 736. The summed E-state index contributed by atoms with van der Waals surface area (Å²) in [5, 5.41) is 22.2. The molecule has 0 aliphatic carbocycles. The van der Waals surface area contributed by atoms with Crippen molar-refractivity contribution < 1.29 is 9.90 Å². The molecule has 2 rings (SSSR count). The van der Waals surface area contributed by atoms with Gasteiger partial charge >= 0.3 is 0 Å². The van der Waals surface area contributed by atoms with Gasteiger partial charge in [-0.2, -0.15) is 5.26 Å². The maximum absolute atomic E-state index is 12.1. The van der Waals surface area contributed by atoms with E-state index in [-0.39, 0.29) is 18.9 Å². The summed E-state index contributed by atoms with van der Waals surface area (Å²) in [6, 6.07) is 13.7. The average Bonchev–Trinajstić information content (AvgIpc) is 2.53. The van der Waals surface area contributed by atoms with E-state index < -0.39 is 6.10 Å². The number of hydrogen-bond acceptors (Lipinski definition) is 3. The molecule has 118 valence electrons. The molecule has 0 aromatic heterocycles. The fraction of sp³-hybridized carbons (Fsp3) is 0.176. The Hall–Kier alpha value is -2.06. The first-order valence-electron chi connectivity index (χ1n) is 6.89. The number of rotatable bonds is 5. The quantitative estimate of drug-likeness (QED) is 0.867. The van der Waals surface area contributed by atoms with Crippen LogP contribution in [0, 0.1) is 11.3 Å². The Kier molecular flexibility index (Phi) is 6.00. The fourth-order valence-electron chi connectivity index (χ4n) is 2.14. The minimum Gasteiger partial charge on any atom is -0.386 e. The molecule has 0 radical (unpaired) electrons. The van der Waals surface area contributed by atoms with Crippen LogP contribution in [0.1, 0.15) is 27.6 Å². The number of hydrogen-bond donors (Lipinski definition) is 2. The summed E-state index contributed by atoms with van der Waals surface area (Å²) in [7, 11) is 0. The maximum Gasteiger partial charge on any atom is 0.251 e. The normalized spacial score (nSPS) is 11.6. The Labute approximate surface area is 144 Å². The van der Waals surface area contributed by atoms with Gasteiger partial charge in [0, 0.05) is 27.7 Å². The molecule has 2 N–H and O–H groups in total. The van der Waals surface area contributed by atoms with E-state index in [1.807, 2.05) is 6.07 Å². The van der Waals surface area contributed by atoms with Gasteiger partial charge in [-0.15, -0.1) is 0 Å². The number of aliphatic hydroxyl groups excluding tert-OH is 1. The van der Waals surface area contributed by atoms with Gasteiger partial charge in [0.25, 0.3) is 5.91 Å². The van der Waals surface area contributed by atoms with E-state index in [9.17, 15) is 9.90 Å². The number of nitrogens with zero attached hydrogens (tertiary/aromatic N) is 1. The summed E-state index contributed by atoms with van der Waals surface area (Å²) in [6.07, 6.45) is -0.777. The van der Waals surface area contributed by atoms with Crippen molar-refractivity contribution in [3.63, 3.8) is 0 Å². The molecule has 1 amide bonds. The molecule has 0 aliphatic heterocycles. The molecule has 0 heterocycles. The summed E-state index contributed by atoms with van der Waals surface area (Å²) in [6.45, 7) is -0.0231. The fourth-order valence-corrected chi connectivity index (χ4v) is 2.79. The van der Waals surface area contributed by atoms with Crippen LogP contribution in [-0.2, 0) is 6.42 Å². The zero-order valence-corrected chi connectivity index (χ0v) is 13.6. The van der Waals surface area contributed by atoms with Gasteiger partial charge in [-0.1, -0.05) is 41.4 Å². The van der Waals surface area contributed by atoms with Gasteiger partial charge < -0.3 is 10.4 Å². The zero-order valence-electron chi connectivity index (χ0n) is 12.1. The van der Waals surface area contributed by atoms with Crippen LogP contribution < -0.4 is 5.32 Å². The first-order chi connectivity index (χ1) is 11.0. The second-order valence-corrected chi connectivity index (χ2v) is 5.71. The van der Waals surface area contributed by atoms with Crippen LogP contribution in [0.25, 0.3) is 0 Å². The van der Waals surface area contributed by atoms with Crippen molar-refractivity contribution in [2.24, 2.45) is 0 Å². The highest BCUT2D eigenvalue weighted by molar-refractivity contribution is 6.36. The molecule has 6 heteroatoms. The van der Waals surface area contributed by atoms with Crippen molar-refractivity contribution in [1.29, 1.82) is 5.26 Å². The standard InChI is InChI=1S/C17H14Cl2N2O2/c18-13-5-2-6-14(19)16(13)15(22)10-21-17(23)12-4-1-3-11(9-12)7-8-20/h1-6,9,15,22H,7,10H2,(H,21,23)/t15-/m1/s1. The SMILES string of the molecule is N#CCc1cccc(C(=O)NC[C@@H](O)c2c(Cl)cccc2Cl)c1. The predicted molar refractivity (Wildman–Crippen MR) is 89.5 cm³/mol. The third-order valence-corrected chi connectivity index (χ3v) is 3.92. The lowest BCUT2D eigenvalue weighted by molar-refractivity contribution is 0.0916. The Morgan fingerprint density at radius 1 is 1.22 bits per heavy atom. The topological polar surface area (TPSA) is 73.1 Å². The van der Waals surface area contributed by atoms with Gasteiger partial charge in [0.05, 0.1) is 18.6 Å². The number of aliphatic hydroxyl groups is 1. The Morgan fingerprint density at radius 2 is 1.87 bits per heavy atom. The molecule has 0 fully saturated rings. The van der Waals surface area contributed by atoms with Gasteiger partial charge in [-0.25, -0.2) is 0 Å². The highest BCUT2D eigenvalue weighted by Crippen LogP contribution is 2.29. The zero-order chi connectivity index (χ0) is 16.8. The molecule has 0 bridgehead atoms. The van der Waals surface area contributed by atoms with E-state index in [1.54, 1.807) is 42.5 Å². The van der Waals surface area contributed by atoms with Gasteiger partial charge in [-0.3, -0.25) is 4.79 Å². The first-order valence-corrected chi connectivity index (χ1v) is 7.64. The molecule has 2 aromatic carbocycles. The summed E-state index contributed by atoms with van der Waals surface area (Å²) < 4.78 is 0. The van der Waals surface area contributed by atoms with Crippen molar-refractivity contribution in [2.45, 2.75) is 12.5 Å². The molecule has 0 spiro atoms. The van der Waals surface area contributed by atoms with E-state index in [2.05, 4.69) is 5.32 Å². The van der Waals surface area contributed by atoms with Gasteiger partial charge in [0.15, 0.2) is 0 Å². The third kappa shape index (κ3) is 4.46. The highest BCUT2D eigenvalue weighted by atomic mass is 35.5. The number of nitriles is 1. The molecule has 23 heavy (non-hydrogen) atoms. The molecule has 0 saturated carbocycles. The number of nitrogens with one attached hydrogen (secondary N) is 1. The van der Waals surface area contributed by atoms with E-state index in [0.717, 1.165) is 5.56 Å². The van der Waals surface area contributed by atoms with Crippen molar-refractivity contribution in [3.8, 4) is 6.07 Å². The largest absolute Gasteiger partial charge is 0.386 e. The minimum atomic E-state index is -1.01. The number of carbonyl (C=O) groups excluding carboxylic acids is 1. The molecular weight excluding hydrogens is 335 g/mol. The van der Waals surface area contributed by atoms with Crippen molar-refractivity contribution in [3.05, 3.63) is 69.2 Å². The number of carbonyl (C=O) groups is 1. The number of halogens is 2. The lowest BCUT2D eigenvalue weighted by Gasteiger charge is -2.15. The summed E-state index contributed by atoms with van der Waals surface area (Å²) in [4.78, 5) is 12.1. The molecule has 0 aliphatic rings. The van der Waals surface area contributed by atoms with Crippen LogP contribution in [0.3, 0.4) is 0 Å². The van der Waals surface area contributed by atoms with Crippen LogP contribution in [-0.4, -0.2) is 17.6 Å². The van der Waals surface area contributed by atoms with Crippen LogP contribution in [0.5, 0.6) is 0 Å². The molecular formula is C17H14Cl2N2O2. The van der Waals surface area contributed by atoms with Crippen LogP contribution in [0.4, 0.5) is 0 Å². The molecule has 0 saturated heterocycles. The molecule has 0 unspecified atom stereocenters. The van der Waals surface area contributed by atoms with E-state index in [4.69, 9.17) is 28.5 Å². The Morgan fingerprint density at radius 3 is 2.52 bits per heavy atom. The first kappa shape index (κ1) is 17.3. The van der Waals surface area contributed by atoms with E-state index >= 15 is 0 Å². The van der Waals surface area contributed by atoms with Crippen molar-refractivity contribution >= 4 is 29.1 Å². The molecule has 1 atom stereocenters. The summed E-state index contributed by atoms with van der Waals surface area (Å²) >= 11 is 12.0. The molecule has 4 nitrogen and oxygen atoms in total. The predicted octanol–water partition coefficient (Wildman–Crippen LogP) is 3.52. The smallest absolute Gasteiger partial charge is 0.251 e. The molecule has 2 aromatic rings. The summed E-state index contributed by atoms with van der Waals surface area (Å²) in [5.41, 5.74) is 1.57. The number of benzene rings is 2.